The minimum absolute atomic E-state index is 0.0597. The number of rotatable bonds is 5. The van der Waals surface area contributed by atoms with Crippen LogP contribution in [0, 0.1) is 25.1 Å². The summed E-state index contributed by atoms with van der Waals surface area (Å²) in [5, 5.41) is 9.89. The van der Waals surface area contributed by atoms with Gasteiger partial charge in [0, 0.05) is 6.54 Å². The number of benzene rings is 1. The molecular weight excluding hydrogens is 293 g/mol. The van der Waals surface area contributed by atoms with Crippen LogP contribution in [0.4, 0.5) is 4.39 Å². The zero-order valence-corrected chi connectivity index (χ0v) is 14.0. The molecule has 6 heteroatoms. The molecule has 120 valence electrons. The second-order valence-electron chi connectivity index (χ2n) is 6.64. The van der Waals surface area contributed by atoms with E-state index >= 15 is 0 Å². The van der Waals surface area contributed by atoms with Crippen LogP contribution in [0.5, 0.6) is 0 Å². The van der Waals surface area contributed by atoms with Crippen LogP contribution >= 0.6 is 0 Å². The van der Waals surface area contributed by atoms with Crippen LogP contribution in [0.15, 0.2) is 17.0 Å². The molecule has 1 unspecified atom stereocenters. The van der Waals surface area contributed by atoms with Gasteiger partial charge in [-0.05, 0) is 48.9 Å². The number of aliphatic hydroxyl groups excluding tert-OH is 1. The Bertz CT molecular complexity index is 583. The number of nitrogens with one attached hydrogen (secondary N) is 1. The van der Waals surface area contributed by atoms with Crippen LogP contribution in [-0.4, -0.2) is 26.2 Å². The Balaban J connectivity index is 2.89. The van der Waals surface area contributed by atoms with Crippen molar-refractivity contribution in [2.75, 3.05) is 6.54 Å². The molecule has 0 heterocycles. The maximum atomic E-state index is 13.2. The van der Waals surface area contributed by atoms with E-state index < -0.39 is 21.9 Å². The molecule has 0 spiro atoms. The van der Waals surface area contributed by atoms with Gasteiger partial charge in [-0.25, -0.2) is 17.5 Å². The summed E-state index contributed by atoms with van der Waals surface area (Å²) in [6.45, 7) is 8.96. The SMILES string of the molecule is Cc1cc(F)cc(C)c1S(=O)(=O)NCC(O)CC(C)(C)C. The van der Waals surface area contributed by atoms with E-state index in [1.807, 2.05) is 20.8 Å². The summed E-state index contributed by atoms with van der Waals surface area (Å²) >= 11 is 0. The molecule has 2 N–H and O–H groups in total. The van der Waals surface area contributed by atoms with Crippen molar-refractivity contribution in [3.63, 3.8) is 0 Å². The summed E-state index contributed by atoms with van der Waals surface area (Å²) in [7, 11) is -3.77. The maximum absolute atomic E-state index is 13.2. The summed E-state index contributed by atoms with van der Waals surface area (Å²) in [5.74, 6) is -0.461. The molecule has 0 aliphatic rings. The molecule has 0 bridgehead atoms. The molecule has 0 aromatic heterocycles. The van der Waals surface area contributed by atoms with Crippen molar-refractivity contribution < 1.29 is 17.9 Å². The molecule has 0 radical (unpaired) electrons. The molecule has 21 heavy (non-hydrogen) atoms. The minimum Gasteiger partial charge on any atom is -0.392 e. The van der Waals surface area contributed by atoms with Gasteiger partial charge < -0.3 is 5.11 Å². The van der Waals surface area contributed by atoms with Crippen molar-refractivity contribution in [2.24, 2.45) is 5.41 Å². The third-order valence-corrected chi connectivity index (χ3v) is 4.78. The highest BCUT2D eigenvalue weighted by Gasteiger charge is 2.23. The van der Waals surface area contributed by atoms with E-state index in [0.717, 1.165) is 0 Å². The van der Waals surface area contributed by atoms with E-state index in [1.54, 1.807) is 13.8 Å². The third-order valence-electron chi connectivity index (χ3n) is 3.05. The number of hydrogen-bond donors (Lipinski definition) is 2. The van der Waals surface area contributed by atoms with Crippen molar-refractivity contribution >= 4 is 10.0 Å². The lowest BCUT2D eigenvalue weighted by molar-refractivity contribution is 0.125. The fourth-order valence-corrected chi connectivity index (χ4v) is 3.90. The van der Waals surface area contributed by atoms with Gasteiger partial charge in [-0.1, -0.05) is 20.8 Å². The predicted octanol–water partition coefficient (Wildman–Crippen LogP) is 2.52. The van der Waals surface area contributed by atoms with Crippen LogP contribution in [0.3, 0.4) is 0 Å². The Morgan fingerprint density at radius 3 is 2.14 bits per heavy atom. The van der Waals surface area contributed by atoms with Crippen LogP contribution in [-0.2, 0) is 10.0 Å². The van der Waals surface area contributed by atoms with E-state index in [2.05, 4.69) is 4.72 Å². The number of sulfonamides is 1. The fraction of sp³-hybridized carbons (Fsp3) is 0.600. The lowest BCUT2D eigenvalue weighted by atomic mass is 9.89. The average Bonchev–Trinajstić information content (AvgIpc) is 2.22. The Hall–Kier alpha value is -0.980. The standard InChI is InChI=1S/C15H24FNO3S/c1-10-6-12(16)7-11(2)14(10)21(19,20)17-9-13(18)8-15(3,4)5/h6-7,13,17-18H,8-9H2,1-5H3. The van der Waals surface area contributed by atoms with Crippen molar-refractivity contribution in [2.45, 2.75) is 52.0 Å². The Labute approximate surface area is 126 Å². The normalized spacial score (nSPS) is 14.2. The molecule has 0 aliphatic carbocycles. The fourth-order valence-electron chi connectivity index (χ4n) is 2.38. The quantitative estimate of drug-likeness (QED) is 0.877. The van der Waals surface area contributed by atoms with Gasteiger partial charge in [0.2, 0.25) is 10.0 Å². The molecular formula is C15H24FNO3S. The second kappa shape index (κ2) is 6.42. The van der Waals surface area contributed by atoms with Crippen molar-refractivity contribution in [3.8, 4) is 0 Å². The molecule has 1 rings (SSSR count). The van der Waals surface area contributed by atoms with Crippen molar-refractivity contribution in [1.29, 1.82) is 0 Å². The molecule has 0 saturated carbocycles. The molecule has 0 saturated heterocycles. The van der Waals surface area contributed by atoms with Crippen LogP contribution < -0.4 is 4.72 Å². The van der Waals surface area contributed by atoms with Crippen LogP contribution in [0.1, 0.15) is 38.3 Å². The second-order valence-corrected chi connectivity index (χ2v) is 8.34. The lowest BCUT2D eigenvalue weighted by Crippen LogP contribution is -2.34. The number of aryl methyl sites for hydroxylation is 2. The van der Waals surface area contributed by atoms with Gasteiger partial charge in [0.15, 0.2) is 0 Å². The van der Waals surface area contributed by atoms with E-state index in [4.69, 9.17) is 0 Å². The highest BCUT2D eigenvalue weighted by atomic mass is 32.2. The van der Waals surface area contributed by atoms with Crippen molar-refractivity contribution in [1.82, 2.24) is 4.72 Å². The van der Waals surface area contributed by atoms with E-state index in [9.17, 15) is 17.9 Å². The molecule has 1 atom stereocenters. The Morgan fingerprint density at radius 2 is 1.71 bits per heavy atom. The Kier molecular flexibility index (Phi) is 5.52. The first-order valence-corrected chi connectivity index (χ1v) is 8.35. The zero-order valence-electron chi connectivity index (χ0n) is 13.2. The van der Waals surface area contributed by atoms with E-state index in [1.165, 1.54) is 12.1 Å². The summed E-state index contributed by atoms with van der Waals surface area (Å²) in [5.41, 5.74) is 0.614. The molecule has 1 aromatic carbocycles. The number of hydrogen-bond acceptors (Lipinski definition) is 3. The number of halogens is 1. The topological polar surface area (TPSA) is 66.4 Å². The Morgan fingerprint density at radius 1 is 1.24 bits per heavy atom. The lowest BCUT2D eigenvalue weighted by Gasteiger charge is -2.22. The van der Waals surface area contributed by atoms with Gasteiger partial charge in [0.25, 0.3) is 0 Å². The van der Waals surface area contributed by atoms with Crippen LogP contribution in [0.25, 0.3) is 0 Å². The zero-order chi connectivity index (χ0) is 16.4. The first-order valence-electron chi connectivity index (χ1n) is 6.87. The molecule has 0 amide bonds. The minimum atomic E-state index is -3.77. The van der Waals surface area contributed by atoms with Crippen molar-refractivity contribution in [3.05, 3.63) is 29.1 Å². The largest absolute Gasteiger partial charge is 0.392 e. The van der Waals surface area contributed by atoms with Gasteiger partial charge >= 0.3 is 0 Å². The highest BCUT2D eigenvalue weighted by molar-refractivity contribution is 7.89. The first kappa shape index (κ1) is 18.1. The van der Waals surface area contributed by atoms with E-state index in [-0.39, 0.29) is 16.9 Å². The average molecular weight is 317 g/mol. The van der Waals surface area contributed by atoms with Gasteiger partial charge in [-0.3, -0.25) is 0 Å². The predicted molar refractivity (Wildman–Crippen MR) is 81.1 cm³/mol. The smallest absolute Gasteiger partial charge is 0.241 e. The molecule has 0 aliphatic heterocycles. The van der Waals surface area contributed by atoms with Crippen LogP contribution in [0.2, 0.25) is 0 Å². The summed E-state index contributed by atoms with van der Waals surface area (Å²) < 4.78 is 40.3. The molecule has 1 aromatic rings. The highest BCUT2D eigenvalue weighted by Crippen LogP contribution is 2.23. The van der Waals surface area contributed by atoms with E-state index in [0.29, 0.717) is 17.5 Å². The molecule has 4 nitrogen and oxygen atoms in total. The van der Waals surface area contributed by atoms with Gasteiger partial charge in [-0.15, -0.1) is 0 Å². The monoisotopic (exact) mass is 317 g/mol. The van der Waals surface area contributed by atoms with Gasteiger partial charge in [-0.2, -0.15) is 0 Å². The third kappa shape index (κ3) is 5.37. The summed E-state index contributed by atoms with van der Waals surface area (Å²) in [6.07, 6.45) is -0.280. The number of aliphatic hydroxyl groups is 1. The van der Waals surface area contributed by atoms with Gasteiger partial charge in [0.1, 0.15) is 5.82 Å². The maximum Gasteiger partial charge on any atom is 0.241 e. The van der Waals surface area contributed by atoms with Gasteiger partial charge in [0.05, 0.1) is 11.0 Å². The first-order chi connectivity index (χ1) is 9.42. The molecule has 0 fully saturated rings. The summed E-state index contributed by atoms with van der Waals surface area (Å²) in [6, 6.07) is 2.38. The summed E-state index contributed by atoms with van der Waals surface area (Å²) in [4.78, 5) is 0.0758.